The summed E-state index contributed by atoms with van der Waals surface area (Å²) >= 11 is 0. The molecule has 2 aromatic carbocycles. The van der Waals surface area contributed by atoms with Gasteiger partial charge in [-0.2, -0.15) is 0 Å². The normalized spacial score (nSPS) is 8.31. The minimum absolute atomic E-state index is 0.833. The Labute approximate surface area is 189 Å². The summed E-state index contributed by atoms with van der Waals surface area (Å²) in [6, 6.07) is 17.3. The van der Waals surface area contributed by atoms with Gasteiger partial charge in [0.2, 0.25) is 0 Å². The van der Waals surface area contributed by atoms with Crippen molar-refractivity contribution >= 4 is 23.9 Å². The topological polar surface area (TPSA) is 149 Å². The molecular weight excluding hydrogens is 416 g/mol. The zero-order chi connectivity index (χ0) is 25.7. The van der Waals surface area contributed by atoms with Gasteiger partial charge in [0, 0.05) is 27.7 Å². The molecule has 32 heavy (non-hydrogen) atoms. The predicted molar refractivity (Wildman–Crippen MR) is 124 cm³/mol. The highest BCUT2D eigenvalue weighted by Crippen LogP contribution is 2.26. The Kier molecular flexibility index (Phi) is 21.2. The molecule has 2 rings (SSSR count). The standard InChI is InChI=1S/C16H18.4C2H4O2/c1-3-13-11-8-12-16(15(13)4-2)14-9-6-5-7-10-14;4*1-2(3)4/h5-12H,3-4H2,1-2H3;4*1H3,(H,3,4). The molecule has 0 radical (unpaired) electrons. The van der Waals surface area contributed by atoms with Gasteiger partial charge in [-0.3, -0.25) is 19.2 Å². The van der Waals surface area contributed by atoms with Gasteiger partial charge >= 0.3 is 0 Å². The third-order valence-electron chi connectivity index (χ3n) is 3.09. The second-order valence-corrected chi connectivity index (χ2v) is 6.09. The number of hydrogen-bond donors (Lipinski definition) is 4. The van der Waals surface area contributed by atoms with E-state index in [0.29, 0.717) is 0 Å². The molecule has 0 amide bonds. The first kappa shape index (κ1) is 33.0. The molecule has 4 N–H and O–H groups in total. The molecule has 0 aliphatic carbocycles. The Morgan fingerprint density at radius 3 is 1.28 bits per heavy atom. The van der Waals surface area contributed by atoms with E-state index in [1.54, 1.807) is 0 Å². The van der Waals surface area contributed by atoms with E-state index in [2.05, 4.69) is 62.4 Å². The summed E-state index contributed by atoms with van der Waals surface area (Å²) in [5.41, 5.74) is 5.69. The molecule has 0 spiro atoms. The molecular formula is C24H34O8. The van der Waals surface area contributed by atoms with Gasteiger partial charge in [-0.25, -0.2) is 0 Å². The van der Waals surface area contributed by atoms with Gasteiger partial charge in [-0.15, -0.1) is 0 Å². The number of aryl methyl sites for hydroxylation is 1. The highest BCUT2D eigenvalue weighted by Gasteiger charge is 2.06. The van der Waals surface area contributed by atoms with Gasteiger partial charge in [-0.1, -0.05) is 62.4 Å². The minimum Gasteiger partial charge on any atom is -0.481 e. The van der Waals surface area contributed by atoms with Crippen LogP contribution in [0.3, 0.4) is 0 Å². The average Bonchev–Trinajstić information content (AvgIpc) is 2.66. The minimum atomic E-state index is -0.833. The van der Waals surface area contributed by atoms with Crippen LogP contribution in [0.4, 0.5) is 0 Å². The molecule has 0 aliphatic heterocycles. The van der Waals surface area contributed by atoms with Crippen LogP contribution in [0.1, 0.15) is 52.7 Å². The highest BCUT2D eigenvalue weighted by atomic mass is 16.4. The van der Waals surface area contributed by atoms with Crippen LogP contribution >= 0.6 is 0 Å². The van der Waals surface area contributed by atoms with Crippen molar-refractivity contribution in [3.8, 4) is 11.1 Å². The van der Waals surface area contributed by atoms with E-state index >= 15 is 0 Å². The summed E-state index contributed by atoms with van der Waals surface area (Å²) in [4.78, 5) is 36.0. The van der Waals surface area contributed by atoms with E-state index in [9.17, 15) is 0 Å². The summed E-state index contributed by atoms with van der Waals surface area (Å²) in [6.07, 6.45) is 2.22. The second-order valence-electron chi connectivity index (χ2n) is 6.09. The summed E-state index contributed by atoms with van der Waals surface area (Å²) in [5.74, 6) is -3.33. The van der Waals surface area contributed by atoms with Gasteiger partial charge in [0.15, 0.2) is 0 Å². The van der Waals surface area contributed by atoms with E-state index in [0.717, 1.165) is 40.5 Å². The molecule has 8 nitrogen and oxygen atoms in total. The maximum atomic E-state index is 9.00. The number of carboxylic acids is 4. The van der Waals surface area contributed by atoms with E-state index in [1.807, 2.05) is 0 Å². The Morgan fingerprint density at radius 1 is 0.594 bits per heavy atom. The van der Waals surface area contributed by atoms with Crippen LogP contribution in [-0.2, 0) is 32.0 Å². The van der Waals surface area contributed by atoms with Gasteiger partial charge in [0.1, 0.15) is 0 Å². The fourth-order valence-corrected chi connectivity index (χ4v) is 2.27. The van der Waals surface area contributed by atoms with Crippen molar-refractivity contribution in [2.45, 2.75) is 54.4 Å². The number of benzene rings is 2. The number of aliphatic carboxylic acids is 4. The molecule has 0 heterocycles. The summed E-state index contributed by atoms with van der Waals surface area (Å²) in [5, 5.41) is 29.7. The monoisotopic (exact) mass is 450 g/mol. The molecule has 0 saturated heterocycles. The highest BCUT2D eigenvalue weighted by molar-refractivity contribution is 5.68. The lowest BCUT2D eigenvalue weighted by molar-refractivity contribution is -0.135. The number of carboxylic acid groups (broad SMARTS) is 4. The molecule has 0 unspecified atom stereocenters. The van der Waals surface area contributed by atoms with Crippen LogP contribution in [0.5, 0.6) is 0 Å². The van der Waals surface area contributed by atoms with Crippen molar-refractivity contribution in [3.05, 3.63) is 59.7 Å². The van der Waals surface area contributed by atoms with Gasteiger partial charge < -0.3 is 20.4 Å². The smallest absolute Gasteiger partial charge is 0.300 e. The van der Waals surface area contributed by atoms with E-state index in [-0.39, 0.29) is 0 Å². The summed E-state index contributed by atoms with van der Waals surface area (Å²) < 4.78 is 0. The van der Waals surface area contributed by atoms with Gasteiger partial charge in [-0.05, 0) is 35.1 Å². The van der Waals surface area contributed by atoms with Gasteiger partial charge in [0.05, 0.1) is 0 Å². The average molecular weight is 451 g/mol. The van der Waals surface area contributed by atoms with Crippen molar-refractivity contribution in [2.75, 3.05) is 0 Å². The lowest BCUT2D eigenvalue weighted by Crippen LogP contribution is -1.94. The van der Waals surface area contributed by atoms with Crippen LogP contribution in [0.25, 0.3) is 11.1 Å². The molecule has 0 bridgehead atoms. The summed E-state index contributed by atoms with van der Waals surface area (Å²) in [7, 11) is 0. The molecule has 8 heteroatoms. The molecule has 0 atom stereocenters. The number of carbonyl (C=O) groups is 4. The fraction of sp³-hybridized carbons (Fsp3) is 0.333. The van der Waals surface area contributed by atoms with Crippen LogP contribution in [0, 0.1) is 0 Å². The number of rotatable bonds is 3. The second kappa shape index (κ2) is 20.6. The molecule has 0 saturated carbocycles. The van der Waals surface area contributed by atoms with Crippen molar-refractivity contribution < 1.29 is 39.6 Å². The van der Waals surface area contributed by atoms with Crippen molar-refractivity contribution in [1.82, 2.24) is 0 Å². The SMILES string of the molecule is CC(=O)O.CC(=O)O.CC(=O)O.CC(=O)O.CCc1cccc(-c2ccccc2)c1CC. The van der Waals surface area contributed by atoms with Gasteiger partial charge in [0.25, 0.3) is 23.9 Å². The number of hydrogen-bond acceptors (Lipinski definition) is 4. The Balaban J connectivity index is -0.000000432. The lowest BCUT2D eigenvalue weighted by Gasteiger charge is -2.12. The zero-order valence-corrected chi connectivity index (χ0v) is 19.5. The Bertz CT molecular complexity index is 750. The van der Waals surface area contributed by atoms with Crippen LogP contribution in [-0.4, -0.2) is 44.3 Å². The summed E-state index contributed by atoms with van der Waals surface area (Å²) in [6.45, 7) is 8.80. The molecule has 0 aliphatic rings. The van der Waals surface area contributed by atoms with E-state index in [4.69, 9.17) is 39.6 Å². The molecule has 0 aromatic heterocycles. The predicted octanol–water partition coefficient (Wildman–Crippen LogP) is 4.84. The van der Waals surface area contributed by atoms with Crippen molar-refractivity contribution in [3.63, 3.8) is 0 Å². The maximum Gasteiger partial charge on any atom is 0.300 e. The Morgan fingerprint density at radius 2 is 0.969 bits per heavy atom. The first-order valence-corrected chi connectivity index (χ1v) is 9.74. The van der Waals surface area contributed by atoms with Crippen LogP contribution in [0.2, 0.25) is 0 Å². The van der Waals surface area contributed by atoms with E-state index in [1.165, 1.54) is 22.3 Å². The maximum absolute atomic E-state index is 9.00. The fourth-order valence-electron chi connectivity index (χ4n) is 2.27. The first-order valence-electron chi connectivity index (χ1n) is 9.74. The van der Waals surface area contributed by atoms with E-state index < -0.39 is 23.9 Å². The third-order valence-corrected chi connectivity index (χ3v) is 3.09. The Hall–Kier alpha value is -3.68. The van der Waals surface area contributed by atoms with Crippen LogP contribution in [0.15, 0.2) is 48.5 Å². The zero-order valence-electron chi connectivity index (χ0n) is 19.5. The largest absolute Gasteiger partial charge is 0.481 e. The quantitative estimate of drug-likeness (QED) is 0.519. The van der Waals surface area contributed by atoms with Crippen molar-refractivity contribution in [1.29, 1.82) is 0 Å². The first-order chi connectivity index (χ1) is 14.8. The third kappa shape index (κ3) is 24.4. The molecule has 178 valence electrons. The lowest BCUT2D eigenvalue weighted by atomic mass is 9.93. The molecule has 0 fully saturated rings. The van der Waals surface area contributed by atoms with Crippen LogP contribution < -0.4 is 0 Å². The molecule has 2 aromatic rings. The van der Waals surface area contributed by atoms with Crippen molar-refractivity contribution in [2.24, 2.45) is 0 Å².